The smallest absolute Gasteiger partial charge is 0.386 e. The van der Waals surface area contributed by atoms with Crippen molar-refractivity contribution in [2.45, 2.75) is 5.79 Å². The first-order valence-electron chi connectivity index (χ1n) is 6.12. The van der Waals surface area contributed by atoms with Crippen LogP contribution < -0.4 is 4.74 Å². The van der Waals surface area contributed by atoms with Crippen molar-refractivity contribution < 1.29 is 34.8 Å². The quantitative estimate of drug-likeness (QED) is 0.212. The summed E-state index contributed by atoms with van der Waals surface area (Å²) in [6.45, 7) is 0. The Kier molecular flexibility index (Phi) is 4.11. The largest absolute Gasteiger partial charge is 0.504 e. The molecule has 0 amide bonds. The third-order valence-electron chi connectivity index (χ3n) is 2.85. The summed E-state index contributed by atoms with van der Waals surface area (Å²) >= 11 is 0. The number of aliphatic hydroxyl groups is 2. The van der Waals surface area contributed by atoms with Crippen LogP contribution in [0.4, 0.5) is 0 Å². The fraction of sp³-hybridized carbons (Fsp3) is 0.0667. The average Bonchev–Trinajstić information content (AvgIpc) is 2.50. The second kappa shape index (κ2) is 5.84. The van der Waals surface area contributed by atoms with E-state index in [0.717, 1.165) is 12.1 Å². The lowest BCUT2D eigenvalue weighted by molar-refractivity contribution is -0.193. The highest BCUT2D eigenvalue weighted by atomic mass is 16.6. The third kappa shape index (κ3) is 2.90. The highest BCUT2D eigenvalue weighted by molar-refractivity contribution is 6.36. The molecule has 0 atom stereocenters. The van der Waals surface area contributed by atoms with Crippen molar-refractivity contribution in [2.75, 3.05) is 0 Å². The van der Waals surface area contributed by atoms with E-state index in [-0.39, 0.29) is 5.75 Å². The number of benzene rings is 2. The highest BCUT2D eigenvalue weighted by Crippen LogP contribution is 2.35. The second-order valence-electron chi connectivity index (χ2n) is 4.38. The summed E-state index contributed by atoms with van der Waals surface area (Å²) in [5.74, 6) is -8.13. The van der Waals surface area contributed by atoms with Gasteiger partial charge in [0.2, 0.25) is 0 Å². The molecule has 0 radical (unpaired) electrons. The Hall–Kier alpha value is -2.90. The summed E-state index contributed by atoms with van der Waals surface area (Å²) in [6, 6.07) is 10.8. The Labute approximate surface area is 124 Å². The predicted octanol–water partition coefficient (Wildman–Crippen LogP) is 0.410. The molecule has 0 aliphatic rings. The van der Waals surface area contributed by atoms with Gasteiger partial charge in [-0.3, -0.25) is 4.79 Å². The maximum absolute atomic E-state index is 11.9. The average molecular weight is 304 g/mol. The van der Waals surface area contributed by atoms with Crippen LogP contribution in [0.15, 0.2) is 48.5 Å². The maximum atomic E-state index is 11.9. The molecule has 0 aliphatic heterocycles. The van der Waals surface area contributed by atoms with E-state index < -0.39 is 34.6 Å². The molecule has 114 valence electrons. The molecule has 0 spiro atoms. The predicted molar refractivity (Wildman–Crippen MR) is 73.0 cm³/mol. The number of para-hydroxylation sites is 2. The van der Waals surface area contributed by atoms with E-state index in [9.17, 15) is 30.0 Å². The zero-order chi connectivity index (χ0) is 16.3. The third-order valence-corrected chi connectivity index (χ3v) is 2.85. The minimum absolute atomic E-state index is 0.0387. The molecule has 0 unspecified atom stereocenters. The van der Waals surface area contributed by atoms with Crippen LogP contribution in [-0.4, -0.2) is 32.2 Å². The number of rotatable bonds is 4. The summed E-state index contributed by atoms with van der Waals surface area (Å²) in [4.78, 5) is 23.6. The maximum Gasteiger partial charge on any atom is 0.386 e. The van der Waals surface area contributed by atoms with Gasteiger partial charge in [0.15, 0.2) is 11.5 Å². The van der Waals surface area contributed by atoms with Crippen LogP contribution in [0.1, 0.15) is 5.56 Å². The monoisotopic (exact) mass is 304 g/mol. The van der Waals surface area contributed by atoms with Crippen molar-refractivity contribution in [2.24, 2.45) is 0 Å². The molecule has 0 heterocycles. The molecular weight excluding hydrogens is 292 g/mol. The lowest BCUT2D eigenvalue weighted by atomic mass is 10.00. The van der Waals surface area contributed by atoms with Crippen molar-refractivity contribution in [3.8, 4) is 17.2 Å². The van der Waals surface area contributed by atoms with Gasteiger partial charge in [-0.15, -0.1) is 0 Å². The molecule has 0 saturated heterocycles. The molecule has 7 heteroatoms. The SMILES string of the molecule is O=C(Oc1ccccc1)C(=O)C(O)(O)c1cccc(O)c1O. The lowest BCUT2D eigenvalue weighted by Crippen LogP contribution is -2.42. The molecule has 0 aliphatic carbocycles. The Balaban J connectivity index is 2.27. The van der Waals surface area contributed by atoms with Gasteiger partial charge in [0, 0.05) is 0 Å². The summed E-state index contributed by atoms with van der Waals surface area (Å²) in [5.41, 5.74) is -0.734. The van der Waals surface area contributed by atoms with Crippen LogP contribution in [0.5, 0.6) is 17.2 Å². The lowest BCUT2D eigenvalue weighted by Gasteiger charge is -2.20. The van der Waals surface area contributed by atoms with Crippen LogP contribution in [-0.2, 0) is 15.4 Å². The standard InChI is InChI=1S/C15H12O7/c16-11-8-4-7-10(12(11)17)15(20,21)13(18)14(19)22-9-5-2-1-3-6-9/h1-8,16-17,20-21H. The normalized spacial score (nSPS) is 11.0. The molecule has 2 rings (SSSR count). The van der Waals surface area contributed by atoms with Gasteiger partial charge in [0.1, 0.15) is 5.75 Å². The van der Waals surface area contributed by atoms with Gasteiger partial charge in [-0.2, -0.15) is 0 Å². The van der Waals surface area contributed by atoms with E-state index in [1.54, 1.807) is 18.2 Å². The molecular formula is C15H12O7. The number of aromatic hydroxyl groups is 2. The summed E-state index contributed by atoms with van der Waals surface area (Å²) in [5, 5.41) is 38.6. The first-order valence-corrected chi connectivity index (χ1v) is 6.12. The molecule has 0 bridgehead atoms. The number of hydrogen-bond donors (Lipinski definition) is 4. The van der Waals surface area contributed by atoms with Crippen molar-refractivity contribution in [3.05, 3.63) is 54.1 Å². The molecule has 2 aromatic rings. The first-order chi connectivity index (χ1) is 10.3. The van der Waals surface area contributed by atoms with Gasteiger partial charge in [0.05, 0.1) is 5.56 Å². The fourth-order valence-corrected chi connectivity index (χ4v) is 1.72. The van der Waals surface area contributed by atoms with Gasteiger partial charge >= 0.3 is 11.8 Å². The van der Waals surface area contributed by atoms with Crippen molar-refractivity contribution in [1.82, 2.24) is 0 Å². The van der Waals surface area contributed by atoms with E-state index in [2.05, 4.69) is 0 Å². The number of phenols is 2. The number of ether oxygens (including phenoxy) is 1. The molecule has 0 aromatic heterocycles. The molecule has 0 saturated carbocycles. The van der Waals surface area contributed by atoms with Crippen molar-refractivity contribution in [3.63, 3.8) is 0 Å². The van der Waals surface area contributed by atoms with Crippen LogP contribution >= 0.6 is 0 Å². The first kappa shape index (κ1) is 15.5. The molecule has 7 nitrogen and oxygen atoms in total. The Morgan fingerprint density at radius 2 is 1.55 bits per heavy atom. The van der Waals surface area contributed by atoms with Crippen molar-refractivity contribution in [1.29, 1.82) is 0 Å². The van der Waals surface area contributed by atoms with Crippen LogP contribution in [0.2, 0.25) is 0 Å². The number of phenolic OH excluding ortho intramolecular Hbond substituents is 2. The zero-order valence-corrected chi connectivity index (χ0v) is 11.1. The van der Waals surface area contributed by atoms with Crippen LogP contribution in [0.25, 0.3) is 0 Å². The molecule has 2 aromatic carbocycles. The summed E-state index contributed by atoms with van der Waals surface area (Å²) in [7, 11) is 0. The summed E-state index contributed by atoms with van der Waals surface area (Å²) in [6.07, 6.45) is 0. The van der Waals surface area contributed by atoms with E-state index in [0.29, 0.717) is 0 Å². The number of esters is 1. The summed E-state index contributed by atoms with van der Waals surface area (Å²) < 4.78 is 4.70. The number of carbonyl (C=O) groups excluding carboxylic acids is 2. The molecule has 22 heavy (non-hydrogen) atoms. The number of ketones is 1. The van der Waals surface area contributed by atoms with E-state index >= 15 is 0 Å². The Bertz CT molecular complexity index is 707. The second-order valence-corrected chi connectivity index (χ2v) is 4.38. The number of Topliss-reactive ketones (excluding diaryl/α,β-unsaturated/α-hetero) is 1. The van der Waals surface area contributed by atoms with E-state index in [1.807, 2.05) is 0 Å². The topological polar surface area (TPSA) is 124 Å². The van der Waals surface area contributed by atoms with E-state index in [1.165, 1.54) is 18.2 Å². The minimum atomic E-state index is -3.34. The van der Waals surface area contributed by atoms with E-state index in [4.69, 9.17) is 4.74 Å². The zero-order valence-electron chi connectivity index (χ0n) is 11.1. The number of carbonyl (C=O) groups is 2. The van der Waals surface area contributed by atoms with Gasteiger partial charge in [0.25, 0.3) is 5.79 Å². The Morgan fingerprint density at radius 1 is 0.909 bits per heavy atom. The van der Waals surface area contributed by atoms with Crippen molar-refractivity contribution >= 4 is 11.8 Å². The Morgan fingerprint density at radius 3 is 2.18 bits per heavy atom. The van der Waals surface area contributed by atoms with Crippen LogP contribution in [0, 0.1) is 0 Å². The van der Waals surface area contributed by atoms with Gasteiger partial charge in [-0.05, 0) is 24.3 Å². The minimum Gasteiger partial charge on any atom is -0.504 e. The van der Waals surface area contributed by atoms with Gasteiger partial charge in [-0.25, -0.2) is 4.79 Å². The molecule has 0 fully saturated rings. The van der Waals surface area contributed by atoms with Gasteiger partial charge < -0.3 is 25.2 Å². The van der Waals surface area contributed by atoms with Crippen LogP contribution in [0.3, 0.4) is 0 Å². The molecule has 4 N–H and O–H groups in total. The highest BCUT2D eigenvalue weighted by Gasteiger charge is 2.44. The fourth-order valence-electron chi connectivity index (χ4n) is 1.72. The number of hydrogen-bond acceptors (Lipinski definition) is 7. The van der Waals surface area contributed by atoms with Gasteiger partial charge in [-0.1, -0.05) is 24.3 Å².